The van der Waals surface area contributed by atoms with Crippen LogP contribution in [0.3, 0.4) is 0 Å². The molecule has 16 heteroatoms. The number of alkyl halides is 2. The summed E-state index contributed by atoms with van der Waals surface area (Å²) < 4.78 is 42.6. The van der Waals surface area contributed by atoms with Crippen molar-refractivity contribution in [3.63, 3.8) is 0 Å². The van der Waals surface area contributed by atoms with E-state index in [0.717, 1.165) is 0 Å². The third kappa shape index (κ3) is 7.87. The number of ether oxygens (including phenoxy) is 2. The number of hydrogen-bond acceptors (Lipinski definition) is 8. The van der Waals surface area contributed by atoms with Crippen LogP contribution in [-0.2, 0) is 25.0 Å². The van der Waals surface area contributed by atoms with E-state index in [1.54, 1.807) is 72.3 Å². The summed E-state index contributed by atoms with van der Waals surface area (Å²) in [5.74, 6) is -4.05. The molecule has 14 nitrogen and oxygen atoms in total. The number of aromatic nitrogens is 3. The first-order valence-corrected chi connectivity index (χ1v) is 21.1. The van der Waals surface area contributed by atoms with Crippen molar-refractivity contribution in [1.29, 1.82) is 0 Å². The number of imidazole rings is 1. The van der Waals surface area contributed by atoms with E-state index < -0.39 is 36.2 Å². The van der Waals surface area contributed by atoms with Gasteiger partial charge in [0.05, 0.1) is 37.5 Å². The molecule has 0 radical (unpaired) electrons. The van der Waals surface area contributed by atoms with Crippen LogP contribution in [0.4, 0.5) is 18.4 Å². The normalized spacial score (nSPS) is 18.5. The number of likely N-dealkylation sites (tertiary alicyclic amines) is 2. The fourth-order valence-corrected chi connectivity index (χ4v) is 9.09. The molecule has 1 unspecified atom stereocenters. The zero-order chi connectivity index (χ0) is 44.9. The van der Waals surface area contributed by atoms with Gasteiger partial charge in [0.2, 0.25) is 5.91 Å². The van der Waals surface area contributed by atoms with Gasteiger partial charge in [0.25, 0.3) is 11.8 Å². The van der Waals surface area contributed by atoms with Crippen molar-refractivity contribution in [2.24, 2.45) is 16.8 Å². The third-order valence-electron chi connectivity index (χ3n) is 12.4. The fourth-order valence-electron chi connectivity index (χ4n) is 9.09. The Morgan fingerprint density at radius 1 is 0.841 bits per heavy atom. The monoisotopic (exact) mass is 861 g/mol. The number of carbonyl (C=O) groups excluding carboxylic acids is 4. The number of amides is 4. The average Bonchev–Trinajstić information content (AvgIpc) is 4.10. The Hall–Kier alpha value is -6.71. The van der Waals surface area contributed by atoms with Gasteiger partial charge in [0.1, 0.15) is 17.6 Å². The first-order valence-electron chi connectivity index (χ1n) is 21.1. The number of rotatable bonds is 9. The molecular formula is C47H49F2N7O7. The number of fused-ring (bicyclic) bond motifs is 4. The Balaban J connectivity index is 1.05. The second-order valence-electron chi connectivity index (χ2n) is 16.9. The van der Waals surface area contributed by atoms with Gasteiger partial charge in [-0.25, -0.2) is 14.6 Å². The molecule has 3 aromatic carbocycles. The van der Waals surface area contributed by atoms with Gasteiger partial charge >= 0.3 is 12.2 Å². The summed E-state index contributed by atoms with van der Waals surface area (Å²) in [5.41, 5.74) is 3.48. The number of benzene rings is 3. The lowest BCUT2D eigenvalue weighted by Gasteiger charge is -2.31. The maximum atomic E-state index is 16.6. The molecule has 63 heavy (non-hydrogen) atoms. The highest BCUT2D eigenvalue weighted by molar-refractivity contribution is 6.40. The van der Waals surface area contributed by atoms with Crippen LogP contribution < -0.4 is 10.7 Å². The highest BCUT2D eigenvalue weighted by Crippen LogP contribution is 2.53. The fraction of sp³-hybridized carbons (Fsp3) is 0.383. The van der Waals surface area contributed by atoms with Crippen LogP contribution in [-0.4, -0.2) is 87.8 Å². The number of alkyl carbamates (subject to hydrolysis) is 1. The maximum absolute atomic E-state index is 16.6. The number of nitrogens with zero attached hydrogens (tertiary/aromatic N) is 4. The second kappa shape index (κ2) is 16.9. The maximum Gasteiger partial charge on any atom is 0.433 e. The lowest BCUT2D eigenvalue weighted by Crippen LogP contribution is -2.51. The van der Waals surface area contributed by atoms with Crippen LogP contribution in [0.15, 0.2) is 76.6 Å². The molecule has 8 rings (SSSR count). The van der Waals surface area contributed by atoms with E-state index in [0.29, 0.717) is 94.7 Å². The second-order valence-corrected chi connectivity index (χ2v) is 16.9. The molecule has 2 saturated heterocycles. The molecule has 3 atom stereocenters. The SMILES string of the molecule is COC(=O)/N=C(/C(=O)N1CCC[C@H]1c1nc(-c2ccc3c(c2)C(F)(F)c2cc(-c4ccc5c(=O)cc(C6CCCN6C(=O)[C@@H](NC(=O)OC)C(C)C)[nH]c5c4)ccc2-3)c[nH]1)C(C)C. The van der Waals surface area contributed by atoms with Crippen LogP contribution in [0.25, 0.3) is 44.4 Å². The molecule has 3 aliphatic rings. The van der Waals surface area contributed by atoms with Crippen LogP contribution in [0.5, 0.6) is 0 Å². The van der Waals surface area contributed by atoms with Crippen molar-refractivity contribution in [2.45, 2.75) is 77.4 Å². The van der Waals surface area contributed by atoms with Crippen molar-refractivity contribution in [3.05, 3.63) is 99.7 Å². The van der Waals surface area contributed by atoms with Gasteiger partial charge in [-0.05, 0) is 78.1 Å². The topological polar surface area (TPSA) is 179 Å². The Morgan fingerprint density at radius 2 is 1.48 bits per heavy atom. The minimum atomic E-state index is -3.34. The summed E-state index contributed by atoms with van der Waals surface area (Å²) in [6.45, 7) is 8.10. The van der Waals surface area contributed by atoms with Gasteiger partial charge in [-0.3, -0.25) is 14.4 Å². The van der Waals surface area contributed by atoms with Crippen molar-refractivity contribution in [3.8, 4) is 33.5 Å². The number of aliphatic imine (C=N–C) groups is 1. The quantitative estimate of drug-likeness (QED) is 0.124. The zero-order valence-electron chi connectivity index (χ0n) is 35.9. The highest BCUT2D eigenvalue weighted by atomic mass is 19.3. The number of aromatic amines is 2. The lowest BCUT2D eigenvalue weighted by molar-refractivity contribution is -0.135. The number of H-pyrrole nitrogens is 2. The van der Waals surface area contributed by atoms with E-state index >= 15 is 8.78 Å². The predicted molar refractivity (Wildman–Crippen MR) is 232 cm³/mol. The van der Waals surface area contributed by atoms with Gasteiger partial charge in [-0.15, -0.1) is 0 Å². The van der Waals surface area contributed by atoms with Crippen molar-refractivity contribution in [1.82, 2.24) is 30.1 Å². The van der Waals surface area contributed by atoms with E-state index in [4.69, 9.17) is 9.72 Å². The molecule has 5 aromatic rings. The number of pyridine rings is 1. The smallest absolute Gasteiger partial charge is 0.433 e. The highest BCUT2D eigenvalue weighted by Gasteiger charge is 2.45. The molecule has 0 saturated carbocycles. The molecule has 1 aliphatic carbocycles. The Morgan fingerprint density at radius 3 is 2.14 bits per heavy atom. The summed E-state index contributed by atoms with van der Waals surface area (Å²) in [6.07, 6.45) is 2.71. The zero-order valence-corrected chi connectivity index (χ0v) is 35.9. The Labute approximate surface area is 362 Å². The first-order chi connectivity index (χ1) is 30.1. The van der Waals surface area contributed by atoms with Crippen molar-refractivity contribution in [2.75, 3.05) is 27.3 Å². The molecular weight excluding hydrogens is 813 g/mol. The van der Waals surface area contributed by atoms with Crippen LogP contribution in [0.2, 0.25) is 0 Å². The molecule has 2 aromatic heterocycles. The number of hydrogen-bond donors (Lipinski definition) is 3. The molecule has 0 bridgehead atoms. The minimum absolute atomic E-state index is 0.0858. The van der Waals surface area contributed by atoms with E-state index in [2.05, 4.69) is 25.0 Å². The van der Waals surface area contributed by atoms with Crippen LogP contribution in [0, 0.1) is 11.8 Å². The summed E-state index contributed by atoms with van der Waals surface area (Å²) in [7, 11) is 2.44. The summed E-state index contributed by atoms with van der Waals surface area (Å²) in [4.78, 5) is 83.3. The van der Waals surface area contributed by atoms with Gasteiger partial charge in [-0.1, -0.05) is 58.0 Å². The van der Waals surface area contributed by atoms with Gasteiger partial charge in [0.15, 0.2) is 5.43 Å². The average molecular weight is 862 g/mol. The molecule has 4 amide bonds. The van der Waals surface area contributed by atoms with Gasteiger partial charge in [-0.2, -0.15) is 13.8 Å². The van der Waals surface area contributed by atoms with Crippen LogP contribution >= 0.6 is 0 Å². The van der Waals surface area contributed by atoms with Gasteiger partial charge < -0.3 is 34.6 Å². The predicted octanol–water partition coefficient (Wildman–Crippen LogP) is 8.28. The van der Waals surface area contributed by atoms with Crippen molar-refractivity contribution < 1.29 is 37.4 Å². The van der Waals surface area contributed by atoms with E-state index in [-0.39, 0.29) is 45.9 Å². The first kappa shape index (κ1) is 43.0. The molecule has 0 spiro atoms. The van der Waals surface area contributed by atoms with E-state index in [1.807, 2.05) is 13.8 Å². The van der Waals surface area contributed by atoms with Crippen LogP contribution in [0.1, 0.15) is 88.1 Å². The van der Waals surface area contributed by atoms with Crippen molar-refractivity contribution >= 4 is 40.6 Å². The van der Waals surface area contributed by atoms with E-state index in [9.17, 15) is 24.0 Å². The summed E-state index contributed by atoms with van der Waals surface area (Å²) in [5, 5.41) is 3.06. The summed E-state index contributed by atoms with van der Waals surface area (Å²) >= 11 is 0. The number of halogens is 2. The Bertz CT molecular complexity index is 2740. The van der Waals surface area contributed by atoms with Gasteiger partial charge in [0, 0.05) is 59.0 Å². The molecule has 2 fully saturated rings. The lowest BCUT2D eigenvalue weighted by atomic mass is 9.97. The number of nitrogens with one attached hydrogen (secondary N) is 3. The largest absolute Gasteiger partial charge is 0.453 e. The van der Waals surface area contributed by atoms with E-state index in [1.165, 1.54) is 32.4 Å². The minimum Gasteiger partial charge on any atom is -0.453 e. The molecule has 4 heterocycles. The molecule has 2 aliphatic heterocycles. The third-order valence-corrected chi connectivity index (χ3v) is 12.4. The molecule has 3 N–H and O–H groups in total. The standard InChI is InChI=1S/C47H49F2N7O7/c1-24(2)40(53-45(60)62-5)43(58)55-17-7-9-37(55)35-22-39(57)31-16-12-27(21-34(31)51-35)26-11-14-29-30-15-13-28(20-33(30)47(48,49)32(29)19-26)36-23-50-42(52-36)38-10-8-18-56(38)44(59)41(25(3)4)54-46(61)63-6/h11-16,19-25,37-38,40H,7-10,17-18H2,1-6H3,(H,50,52)(H,51,57)(H,53,60)/b54-41+/t37?,38-,40-/m0/s1. The summed E-state index contributed by atoms with van der Waals surface area (Å²) in [6, 6.07) is 14.8. The number of carbonyl (C=O) groups is 4. The number of methoxy groups -OCH3 is 2. The Kier molecular flexibility index (Phi) is 11.5. The molecule has 328 valence electrons.